The van der Waals surface area contributed by atoms with Crippen molar-refractivity contribution in [2.45, 2.75) is 6.92 Å². The monoisotopic (exact) mass is 315 g/mol. The molecule has 23 heavy (non-hydrogen) atoms. The van der Waals surface area contributed by atoms with E-state index >= 15 is 0 Å². The van der Waals surface area contributed by atoms with Crippen LogP contribution in [0.1, 0.15) is 21.7 Å². The van der Waals surface area contributed by atoms with Gasteiger partial charge in [-0.15, -0.1) is 0 Å². The molecule has 8 nitrogen and oxygen atoms in total. The molecule has 118 valence electrons. The smallest absolute Gasteiger partial charge is 0.273 e. The number of nitrogens with zero attached hydrogens (tertiary/aromatic N) is 1. The highest BCUT2D eigenvalue weighted by atomic mass is 16.6. The van der Waals surface area contributed by atoms with Crippen molar-refractivity contribution in [3.63, 3.8) is 0 Å². The Morgan fingerprint density at radius 3 is 2.70 bits per heavy atom. The maximum Gasteiger partial charge on any atom is 0.273 e. The predicted octanol–water partition coefficient (Wildman–Crippen LogP) is 1.97. The molecule has 0 unspecified atom stereocenters. The first-order chi connectivity index (χ1) is 11.0. The first-order valence-corrected chi connectivity index (χ1v) is 6.54. The molecule has 0 aliphatic carbocycles. The van der Waals surface area contributed by atoms with E-state index in [0.717, 1.165) is 6.08 Å². The van der Waals surface area contributed by atoms with E-state index in [1.807, 2.05) is 0 Å². The number of nitro benzene ring substituents is 1. The second-order valence-electron chi connectivity index (χ2n) is 4.52. The molecule has 0 fully saturated rings. The van der Waals surface area contributed by atoms with Crippen molar-refractivity contribution in [3.05, 3.63) is 69.7 Å². The molecular weight excluding hydrogens is 302 g/mol. The lowest BCUT2D eigenvalue weighted by molar-refractivity contribution is -0.384. The van der Waals surface area contributed by atoms with Gasteiger partial charge in [-0.2, -0.15) is 0 Å². The summed E-state index contributed by atoms with van der Waals surface area (Å²) >= 11 is 0. The summed E-state index contributed by atoms with van der Waals surface area (Å²) < 4.78 is 4.99. The van der Waals surface area contributed by atoms with Gasteiger partial charge in [0.1, 0.15) is 5.76 Å². The number of carbonyl (C=O) groups is 2. The first kappa shape index (κ1) is 16.0. The van der Waals surface area contributed by atoms with Crippen LogP contribution in [0.25, 0.3) is 6.08 Å². The topological polar surface area (TPSA) is 114 Å². The van der Waals surface area contributed by atoms with Crippen LogP contribution in [0.3, 0.4) is 0 Å². The van der Waals surface area contributed by atoms with Gasteiger partial charge in [-0.05, 0) is 24.6 Å². The molecule has 1 aromatic heterocycles. The van der Waals surface area contributed by atoms with Crippen molar-refractivity contribution in [1.82, 2.24) is 10.9 Å². The van der Waals surface area contributed by atoms with Crippen LogP contribution in [0.15, 0.2) is 47.1 Å². The lowest BCUT2D eigenvalue weighted by Crippen LogP contribution is -2.40. The van der Waals surface area contributed by atoms with Gasteiger partial charge in [0.15, 0.2) is 0 Å². The third-order valence-corrected chi connectivity index (χ3v) is 2.91. The highest BCUT2D eigenvalue weighted by Crippen LogP contribution is 2.14. The van der Waals surface area contributed by atoms with Gasteiger partial charge in [0.25, 0.3) is 17.5 Å². The van der Waals surface area contributed by atoms with Gasteiger partial charge in [0.05, 0.1) is 16.7 Å². The molecule has 0 radical (unpaired) electrons. The maximum absolute atomic E-state index is 11.7. The quantitative estimate of drug-likeness (QED) is 0.508. The third-order valence-electron chi connectivity index (χ3n) is 2.91. The summed E-state index contributed by atoms with van der Waals surface area (Å²) in [5, 5.41) is 10.7. The zero-order valence-corrected chi connectivity index (χ0v) is 12.1. The largest absolute Gasteiger partial charge is 0.469 e. The van der Waals surface area contributed by atoms with E-state index in [1.165, 1.54) is 36.6 Å². The predicted molar refractivity (Wildman–Crippen MR) is 81.2 cm³/mol. The molecule has 0 spiro atoms. The number of benzene rings is 1. The van der Waals surface area contributed by atoms with Crippen LogP contribution in [0.4, 0.5) is 5.69 Å². The Morgan fingerprint density at radius 2 is 2.04 bits per heavy atom. The van der Waals surface area contributed by atoms with Gasteiger partial charge in [-0.3, -0.25) is 30.6 Å². The number of hydrazine groups is 1. The molecule has 2 rings (SSSR count). The van der Waals surface area contributed by atoms with Crippen molar-refractivity contribution < 1.29 is 18.9 Å². The van der Waals surface area contributed by atoms with E-state index in [1.54, 1.807) is 13.0 Å². The van der Waals surface area contributed by atoms with Crippen molar-refractivity contribution in [3.8, 4) is 0 Å². The Labute approximate surface area is 130 Å². The zero-order chi connectivity index (χ0) is 16.8. The number of non-ortho nitro benzene ring substituents is 1. The molecule has 0 bridgehead atoms. The Balaban J connectivity index is 1.92. The van der Waals surface area contributed by atoms with E-state index in [4.69, 9.17) is 4.42 Å². The Bertz CT molecular complexity index is 779. The molecule has 1 aromatic carbocycles. The molecule has 8 heteroatoms. The maximum atomic E-state index is 11.7. The minimum absolute atomic E-state index is 0.0729. The first-order valence-electron chi connectivity index (χ1n) is 6.54. The average Bonchev–Trinajstić information content (AvgIpc) is 2.97. The standard InChI is InChI=1S/C15H13N3O5/c1-10-13(7-8-23-10)15(20)17-16-14(19)6-5-11-3-2-4-12(9-11)18(21)22/h2-9H,1H3,(H,16,19)(H,17,20)/b6-5+. The van der Waals surface area contributed by atoms with Crippen LogP contribution in [0, 0.1) is 17.0 Å². The molecule has 0 saturated carbocycles. The van der Waals surface area contributed by atoms with Crippen molar-refractivity contribution in [2.24, 2.45) is 0 Å². The minimum Gasteiger partial charge on any atom is -0.469 e. The summed E-state index contributed by atoms with van der Waals surface area (Å²) in [6.07, 6.45) is 3.92. The number of furan rings is 1. The van der Waals surface area contributed by atoms with Crippen LogP contribution in [0.2, 0.25) is 0 Å². The SMILES string of the molecule is Cc1occc1C(=O)NNC(=O)/C=C/c1cccc([N+](=O)[O-])c1. The summed E-state index contributed by atoms with van der Waals surface area (Å²) in [7, 11) is 0. The van der Waals surface area contributed by atoms with Crippen LogP contribution >= 0.6 is 0 Å². The molecule has 0 atom stereocenters. The van der Waals surface area contributed by atoms with Crippen molar-refractivity contribution in [1.29, 1.82) is 0 Å². The number of nitrogens with one attached hydrogen (secondary N) is 2. The summed E-state index contributed by atoms with van der Waals surface area (Å²) in [6.45, 7) is 1.62. The van der Waals surface area contributed by atoms with Gasteiger partial charge in [-0.1, -0.05) is 12.1 Å². The number of rotatable bonds is 4. The number of nitro groups is 1. The van der Waals surface area contributed by atoms with E-state index in [2.05, 4.69) is 10.9 Å². The van der Waals surface area contributed by atoms with Crippen LogP contribution in [0.5, 0.6) is 0 Å². The van der Waals surface area contributed by atoms with Crippen molar-refractivity contribution in [2.75, 3.05) is 0 Å². The second kappa shape index (κ2) is 7.03. The van der Waals surface area contributed by atoms with E-state index < -0.39 is 16.7 Å². The Hall–Kier alpha value is -3.42. The molecule has 2 aromatic rings. The molecular formula is C15H13N3O5. The molecule has 2 N–H and O–H groups in total. The van der Waals surface area contributed by atoms with E-state index in [0.29, 0.717) is 16.9 Å². The Morgan fingerprint density at radius 1 is 1.26 bits per heavy atom. The number of amides is 2. The summed E-state index contributed by atoms with van der Waals surface area (Å²) in [5.41, 5.74) is 5.17. The molecule has 0 aliphatic heterocycles. The lowest BCUT2D eigenvalue weighted by Gasteiger charge is -2.04. The second-order valence-corrected chi connectivity index (χ2v) is 4.52. The van der Waals surface area contributed by atoms with E-state index in [9.17, 15) is 19.7 Å². The number of carbonyl (C=O) groups excluding carboxylic acids is 2. The highest BCUT2D eigenvalue weighted by molar-refractivity contribution is 5.98. The van der Waals surface area contributed by atoms with Crippen molar-refractivity contribution >= 4 is 23.6 Å². The summed E-state index contributed by atoms with van der Waals surface area (Å²) in [6, 6.07) is 7.29. The van der Waals surface area contributed by atoms with Gasteiger partial charge in [-0.25, -0.2) is 0 Å². The van der Waals surface area contributed by atoms with Crippen LogP contribution < -0.4 is 10.9 Å². The fourth-order valence-corrected chi connectivity index (χ4v) is 1.76. The van der Waals surface area contributed by atoms with Gasteiger partial charge in [0, 0.05) is 18.2 Å². The fourth-order valence-electron chi connectivity index (χ4n) is 1.76. The molecule has 2 amide bonds. The van der Waals surface area contributed by atoms with Crippen LogP contribution in [-0.2, 0) is 4.79 Å². The number of aryl methyl sites for hydroxylation is 1. The number of hydrogen-bond donors (Lipinski definition) is 2. The van der Waals surface area contributed by atoms with Gasteiger partial charge < -0.3 is 4.42 Å². The lowest BCUT2D eigenvalue weighted by atomic mass is 10.2. The normalized spacial score (nSPS) is 10.5. The molecule has 0 aliphatic rings. The van der Waals surface area contributed by atoms with E-state index in [-0.39, 0.29) is 5.69 Å². The van der Waals surface area contributed by atoms with Crippen LogP contribution in [-0.4, -0.2) is 16.7 Å². The fraction of sp³-hybridized carbons (Fsp3) is 0.0667. The highest BCUT2D eigenvalue weighted by Gasteiger charge is 2.11. The van der Waals surface area contributed by atoms with Gasteiger partial charge >= 0.3 is 0 Å². The third kappa shape index (κ3) is 4.27. The zero-order valence-electron chi connectivity index (χ0n) is 12.1. The minimum atomic E-state index is -0.578. The van der Waals surface area contributed by atoms with Gasteiger partial charge in [0.2, 0.25) is 0 Å². The summed E-state index contributed by atoms with van der Waals surface area (Å²) in [4.78, 5) is 33.5. The summed E-state index contributed by atoms with van der Waals surface area (Å²) in [5.74, 6) is -0.650. The number of hydrogen-bond acceptors (Lipinski definition) is 5. The molecule has 1 heterocycles. The average molecular weight is 315 g/mol. The molecule has 0 saturated heterocycles. The Kier molecular flexibility index (Phi) is 4.88.